The number of aliphatic carboxylic acids is 3. The van der Waals surface area contributed by atoms with E-state index in [0.717, 1.165) is 26.2 Å². The minimum atomic E-state index is -2.97. The van der Waals surface area contributed by atoms with E-state index >= 15 is 0 Å². The van der Waals surface area contributed by atoms with Crippen LogP contribution in [0.1, 0.15) is 33.6 Å². The van der Waals surface area contributed by atoms with Gasteiger partial charge in [0.15, 0.2) is 0 Å². The number of carboxylic acids is 3. The SMILES string of the molecule is CC(C)(C)OC(=O)N1CCNCC1.O=C([O-])CC(O)(CC(=O)[O-])C(=O)[O-]. The summed E-state index contributed by atoms with van der Waals surface area (Å²) in [5, 5.41) is 42.1. The molecule has 1 heterocycles. The van der Waals surface area contributed by atoms with Crippen LogP contribution in [0.3, 0.4) is 0 Å². The summed E-state index contributed by atoms with van der Waals surface area (Å²) >= 11 is 0. The maximum atomic E-state index is 11.5. The highest BCUT2D eigenvalue weighted by Crippen LogP contribution is 2.13. The largest absolute Gasteiger partial charge is 0.550 e. The van der Waals surface area contributed by atoms with Gasteiger partial charge in [0.2, 0.25) is 0 Å². The first-order valence-electron chi connectivity index (χ1n) is 7.79. The molecule has 150 valence electrons. The van der Waals surface area contributed by atoms with Gasteiger partial charge in [0, 0.05) is 51.0 Å². The summed E-state index contributed by atoms with van der Waals surface area (Å²) in [5.74, 6) is -5.98. The third kappa shape index (κ3) is 9.79. The Kier molecular flexibility index (Phi) is 9.01. The molecule has 0 spiro atoms. The van der Waals surface area contributed by atoms with Gasteiger partial charge in [-0.05, 0) is 20.8 Å². The van der Waals surface area contributed by atoms with E-state index < -0.39 is 36.4 Å². The highest BCUT2D eigenvalue weighted by molar-refractivity contribution is 5.86. The highest BCUT2D eigenvalue weighted by Gasteiger charge is 2.29. The first kappa shape index (κ1) is 23.6. The van der Waals surface area contributed by atoms with E-state index in [0.29, 0.717) is 0 Å². The number of hydrogen-bond acceptors (Lipinski definition) is 10. The van der Waals surface area contributed by atoms with Crippen molar-refractivity contribution >= 4 is 24.0 Å². The fourth-order valence-corrected chi connectivity index (χ4v) is 1.86. The van der Waals surface area contributed by atoms with Gasteiger partial charge < -0.3 is 49.8 Å². The Hall–Kier alpha value is -2.40. The molecule has 1 aliphatic heterocycles. The van der Waals surface area contributed by atoms with Crippen LogP contribution >= 0.6 is 0 Å². The second-order valence-electron chi connectivity index (χ2n) is 6.63. The van der Waals surface area contributed by atoms with Crippen LogP contribution < -0.4 is 20.6 Å². The highest BCUT2D eigenvalue weighted by atomic mass is 16.6. The third-order valence-electron chi connectivity index (χ3n) is 3.02. The lowest BCUT2D eigenvalue weighted by Crippen LogP contribution is -2.54. The fraction of sp³-hybridized carbons (Fsp3) is 0.733. The maximum Gasteiger partial charge on any atom is 0.410 e. The van der Waals surface area contributed by atoms with Crippen LogP contribution in [0.25, 0.3) is 0 Å². The minimum Gasteiger partial charge on any atom is -0.550 e. The standard InChI is InChI=1S/C9H18N2O2.C6H8O7/c1-9(2,3)13-8(12)11-6-4-10-5-7-11;7-3(8)1-6(13,5(11)12)2-4(9)10/h10H,4-7H2,1-3H3;13H,1-2H2,(H,7,8)(H,9,10)(H,11,12)/p-3. The normalized spacial score (nSPS) is 14.7. The zero-order valence-electron chi connectivity index (χ0n) is 14.9. The van der Waals surface area contributed by atoms with Crippen molar-refractivity contribution in [2.24, 2.45) is 0 Å². The van der Waals surface area contributed by atoms with E-state index in [1.807, 2.05) is 20.8 Å². The summed E-state index contributed by atoms with van der Waals surface area (Å²) < 4.78 is 5.24. The van der Waals surface area contributed by atoms with Gasteiger partial charge in [0.1, 0.15) is 11.2 Å². The Morgan fingerprint density at radius 1 is 1.00 bits per heavy atom. The van der Waals surface area contributed by atoms with Crippen molar-refractivity contribution in [3.8, 4) is 0 Å². The Labute approximate surface area is 150 Å². The van der Waals surface area contributed by atoms with Gasteiger partial charge in [0.05, 0.1) is 5.97 Å². The lowest BCUT2D eigenvalue weighted by atomic mass is 9.96. The second-order valence-corrected chi connectivity index (χ2v) is 6.63. The molecule has 0 unspecified atom stereocenters. The van der Waals surface area contributed by atoms with E-state index in [4.69, 9.17) is 9.84 Å². The van der Waals surface area contributed by atoms with E-state index in [-0.39, 0.29) is 11.7 Å². The molecule has 1 aliphatic rings. The van der Waals surface area contributed by atoms with Crippen molar-refractivity contribution in [1.29, 1.82) is 0 Å². The lowest BCUT2D eigenvalue weighted by Gasteiger charge is -2.30. The van der Waals surface area contributed by atoms with Crippen LogP contribution in [0.4, 0.5) is 4.79 Å². The third-order valence-corrected chi connectivity index (χ3v) is 3.02. The van der Waals surface area contributed by atoms with Crippen LogP contribution in [0.5, 0.6) is 0 Å². The smallest absolute Gasteiger partial charge is 0.410 e. The van der Waals surface area contributed by atoms with E-state index in [2.05, 4.69) is 5.32 Å². The van der Waals surface area contributed by atoms with E-state index in [9.17, 15) is 34.5 Å². The molecular formula is C15H23N2O9-3. The molecule has 1 rings (SSSR count). The van der Waals surface area contributed by atoms with Gasteiger partial charge in [-0.15, -0.1) is 0 Å². The minimum absolute atomic E-state index is 0.200. The van der Waals surface area contributed by atoms with Crippen LogP contribution in [0.15, 0.2) is 0 Å². The van der Waals surface area contributed by atoms with E-state index in [1.54, 1.807) is 4.90 Å². The Bertz CT molecular complexity index is 506. The average Bonchev–Trinajstić information content (AvgIpc) is 2.45. The van der Waals surface area contributed by atoms with Gasteiger partial charge in [-0.3, -0.25) is 0 Å². The molecule has 0 saturated carbocycles. The molecule has 0 aromatic carbocycles. The van der Waals surface area contributed by atoms with Crippen molar-refractivity contribution in [1.82, 2.24) is 10.2 Å². The maximum absolute atomic E-state index is 11.5. The van der Waals surface area contributed by atoms with Gasteiger partial charge in [-0.2, -0.15) is 0 Å². The Morgan fingerprint density at radius 3 is 1.73 bits per heavy atom. The molecule has 0 radical (unpaired) electrons. The number of nitrogens with zero attached hydrogens (tertiary/aromatic N) is 1. The van der Waals surface area contributed by atoms with Crippen LogP contribution in [-0.2, 0) is 19.1 Å². The number of rotatable bonds is 5. The number of carbonyl (C=O) groups is 4. The number of amides is 1. The van der Waals surface area contributed by atoms with Crippen molar-refractivity contribution < 1.29 is 44.3 Å². The number of carboxylic acid groups (broad SMARTS) is 3. The summed E-state index contributed by atoms with van der Waals surface area (Å²) in [7, 11) is 0. The molecule has 1 saturated heterocycles. The number of hydrogen-bond donors (Lipinski definition) is 2. The van der Waals surface area contributed by atoms with Crippen LogP contribution in [0, 0.1) is 0 Å². The number of piperazine rings is 1. The van der Waals surface area contributed by atoms with Gasteiger partial charge >= 0.3 is 6.09 Å². The number of carbonyl (C=O) groups excluding carboxylic acids is 4. The quantitative estimate of drug-likeness (QED) is 0.475. The molecule has 0 aromatic heterocycles. The molecule has 0 bridgehead atoms. The first-order valence-corrected chi connectivity index (χ1v) is 7.79. The second kappa shape index (κ2) is 9.92. The van der Waals surface area contributed by atoms with Crippen molar-refractivity contribution in [2.75, 3.05) is 26.2 Å². The van der Waals surface area contributed by atoms with Gasteiger partial charge in [-0.1, -0.05) is 0 Å². The molecule has 0 atom stereocenters. The zero-order valence-corrected chi connectivity index (χ0v) is 14.9. The van der Waals surface area contributed by atoms with Crippen molar-refractivity contribution in [3.05, 3.63) is 0 Å². The molecule has 26 heavy (non-hydrogen) atoms. The average molecular weight is 375 g/mol. The topological polar surface area (TPSA) is 182 Å². The first-order chi connectivity index (χ1) is 11.8. The molecule has 11 nitrogen and oxygen atoms in total. The van der Waals surface area contributed by atoms with Gasteiger partial charge in [0.25, 0.3) is 0 Å². The molecular weight excluding hydrogens is 352 g/mol. The predicted octanol–water partition coefficient (Wildman–Crippen LogP) is -4.43. The lowest BCUT2D eigenvalue weighted by molar-refractivity contribution is -0.339. The summed E-state index contributed by atoms with van der Waals surface area (Å²) in [6.45, 7) is 8.86. The van der Waals surface area contributed by atoms with Crippen molar-refractivity contribution in [3.63, 3.8) is 0 Å². The molecule has 1 amide bonds. The van der Waals surface area contributed by atoms with Crippen LogP contribution in [-0.4, -0.2) is 71.4 Å². The monoisotopic (exact) mass is 375 g/mol. The molecule has 11 heteroatoms. The molecule has 2 N–H and O–H groups in total. The summed E-state index contributed by atoms with van der Waals surface area (Å²) in [6.07, 6.45) is -2.92. The predicted molar refractivity (Wildman–Crippen MR) is 79.9 cm³/mol. The molecule has 0 aromatic rings. The number of ether oxygens (including phenoxy) is 1. The summed E-state index contributed by atoms with van der Waals surface area (Å²) in [4.78, 5) is 43.2. The zero-order chi connectivity index (χ0) is 20.5. The number of nitrogens with one attached hydrogen (secondary N) is 1. The molecule has 1 fully saturated rings. The van der Waals surface area contributed by atoms with E-state index in [1.165, 1.54) is 0 Å². The summed E-state index contributed by atoms with van der Waals surface area (Å²) in [5.41, 5.74) is -3.36. The molecule has 0 aliphatic carbocycles. The van der Waals surface area contributed by atoms with Gasteiger partial charge in [-0.25, -0.2) is 4.79 Å². The fourth-order valence-electron chi connectivity index (χ4n) is 1.86. The summed E-state index contributed by atoms with van der Waals surface area (Å²) in [6, 6.07) is 0. The van der Waals surface area contributed by atoms with Crippen LogP contribution in [0.2, 0.25) is 0 Å². The Morgan fingerprint density at radius 2 is 1.42 bits per heavy atom. The number of aliphatic hydroxyl groups is 1. The Balaban J connectivity index is 0.000000481. The van der Waals surface area contributed by atoms with Crippen molar-refractivity contribution in [2.45, 2.75) is 44.8 Å².